The predicted molar refractivity (Wildman–Crippen MR) is 78.7 cm³/mol. The first-order chi connectivity index (χ1) is 9.74. The zero-order chi connectivity index (χ0) is 13.9. The molecular formula is C15H13N3O2. The van der Waals surface area contributed by atoms with Gasteiger partial charge in [-0.3, -0.25) is 10.1 Å². The minimum atomic E-state index is -0.398. The van der Waals surface area contributed by atoms with E-state index < -0.39 is 4.92 Å². The van der Waals surface area contributed by atoms with Gasteiger partial charge in [0, 0.05) is 41.5 Å². The molecule has 1 aromatic heterocycles. The van der Waals surface area contributed by atoms with Gasteiger partial charge in [-0.2, -0.15) is 0 Å². The van der Waals surface area contributed by atoms with Crippen molar-refractivity contribution in [3.05, 3.63) is 70.4 Å². The molecule has 0 aliphatic rings. The molecule has 0 saturated heterocycles. The van der Waals surface area contributed by atoms with Crippen LogP contribution in [0, 0.1) is 10.1 Å². The molecule has 0 fully saturated rings. The monoisotopic (exact) mass is 267 g/mol. The van der Waals surface area contributed by atoms with Crippen molar-refractivity contribution in [3.8, 4) is 0 Å². The second kappa shape index (κ2) is 5.05. The van der Waals surface area contributed by atoms with Crippen LogP contribution < -0.4 is 5.32 Å². The van der Waals surface area contributed by atoms with Crippen molar-refractivity contribution in [1.82, 2.24) is 4.98 Å². The highest BCUT2D eigenvalue weighted by Gasteiger charge is 2.04. The average molecular weight is 267 g/mol. The number of hydrogen-bond acceptors (Lipinski definition) is 3. The highest BCUT2D eigenvalue weighted by atomic mass is 16.6. The Bertz CT molecular complexity index is 747. The molecule has 5 nitrogen and oxygen atoms in total. The van der Waals surface area contributed by atoms with E-state index in [1.807, 2.05) is 24.4 Å². The van der Waals surface area contributed by atoms with E-state index >= 15 is 0 Å². The first-order valence-corrected chi connectivity index (χ1v) is 6.27. The number of nitrogens with one attached hydrogen (secondary N) is 2. The number of hydrogen-bond donors (Lipinski definition) is 2. The molecule has 5 heteroatoms. The number of aromatic nitrogens is 1. The predicted octanol–water partition coefficient (Wildman–Crippen LogP) is 3.69. The Morgan fingerprint density at radius 3 is 2.65 bits per heavy atom. The summed E-state index contributed by atoms with van der Waals surface area (Å²) in [6.45, 7) is 0.674. The molecule has 2 aromatic carbocycles. The van der Waals surface area contributed by atoms with E-state index in [0.717, 1.165) is 11.2 Å². The van der Waals surface area contributed by atoms with Crippen molar-refractivity contribution in [2.75, 3.05) is 5.32 Å². The second-order valence-corrected chi connectivity index (χ2v) is 4.51. The zero-order valence-electron chi connectivity index (χ0n) is 10.7. The standard InChI is InChI=1S/C15H13N3O2/c19-18(20)13-6-4-12(5-7-13)17-10-11-2-1-3-15-14(11)8-9-16-15/h1-9,16-17H,10H2. The molecule has 3 rings (SSSR count). The van der Waals surface area contributed by atoms with E-state index in [9.17, 15) is 10.1 Å². The number of nitrogens with zero attached hydrogens (tertiary/aromatic N) is 1. The summed E-state index contributed by atoms with van der Waals surface area (Å²) in [5.74, 6) is 0. The first kappa shape index (κ1) is 12.2. The summed E-state index contributed by atoms with van der Waals surface area (Å²) < 4.78 is 0. The van der Waals surface area contributed by atoms with Gasteiger partial charge >= 0.3 is 0 Å². The summed E-state index contributed by atoms with van der Waals surface area (Å²) in [5.41, 5.74) is 3.25. The maximum Gasteiger partial charge on any atom is 0.269 e. The first-order valence-electron chi connectivity index (χ1n) is 6.27. The van der Waals surface area contributed by atoms with Crippen LogP contribution in [0.3, 0.4) is 0 Å². The summed E-state index contributed by atoms with van der Waals surface area (Å²) in [6.07, 6.45) is 1.92. The second-order valence-electron chi connectivity index (χ2n) is 4.51. The molecule has 0 spiro atoms. The molecule has 20 heavy (non-hydrogen) atoms. The van der Waals surface area contributed by atoms with Crippen LogP contribution in [0.1, 0.15) is 5.56 Å². The third kappa shape index (κ3) is 2.33. The van der Waals surface area contributed by atoms with Gasteiger partial charge in [0.05, 0.1) is 4.92 Å². The Hall–Kier alpha value is -2.82. The molecule has 1 heterocycles. The smallest absolute Gasteiger partial charge is 0.269 e. The molecule has 0 atom stereocenters. The summed E-state index contributed by atoms with van der Waals surface area (Å²) >= 11 is 0. The Morgan fingerprint density at radius 2 is 1.90 bits per heavy atom. The van der Waals surface area contributed by atoms with Gasteiger partial charge in [0.25, 0.3) is 5.69 Å². The molecule has 100 valence electrons. The number of benzene rings is 2. The van der Waals surface area contributed by atoms with Gasteiger partial charge in [-0.1, -0.05) is 12.1 Å². The number of nitro benzene ring substituents is 1. The van der Waals surface area contributed by atoms with Gasteiger partial charge in [-0.25, -0.2) is 0 Å². The molecule has 0 aliphatic carbocycles. The van der Waals surface area contributed by atoms with Crippen molar-refractivity contribution < 1.29 is 4.92 Å². The topological polar surface area (TPSA) is 71.0 Å². The quantitative estimate of drug-likeness (QED) is 0.559. The van der Waals surface area contributed by atoms with Crippen molar-refractivity contribution in [3.63, 3.8) is 0 Å². The van der Waals surface area contributed by atoms with Crippen molar-refractivity contribution in [2.24, 2.45) is 0 Å². The lowest BCUT2D eigenvalue weighted by molar-refractivity contribution is -0.384. The minimum absolute atomic E-state index is 0.100. The van der Waals surface area contributed by atoms with Crippen LogP contribution in [0.5, 0.6) is 0 Å². The van der Waals surface area contributed by atoms with Crippen LogP contribution >= 0.6 is 0 Å². The van der Waals surface area contributed by atoms with Crippen molar-refractivity contribution in [1.29, 1.82) is 0 Å². The third-order valence-electron chi connectivity index (χ3n) is 3.25. The fraction of sp³-hybridized carbons (Fsp3) is 0.0667. The molecule has 0 aliphatic heterocycles. The van der Waals surface area contributed by atoms with Gasteiger partial charge in [0.2, 0.25) is 0 Å². The average Bonchev–Trinajstić information content (AvgIpc) is 2.94. The lowest BCUT2D eigenvalue weighted by atomic mass is 10.1. The maximum absolute atomic E-state index is 10.6. The Balaban J connectivity index is 1.76. The summed E-state index contributed by atoms with van der Waals surface area (Å²) in [6, 6.07) is 14.6. The van der Waals surface area contributed by atoms with E-state index in [1.54, 1.807) is 12.1 Å². The van der Waals surface area contributed by atoms with Crippen LogP contribution in [0.2, 0.25) is 0 Å². The fourth-order valence-electron chi connectivity index (χ4n) is 2.20. The van der Waals surface area contributed by atoms with E-state index in [2.05, 4.69) is 16.4 Å². The minimum Gasteiger partial charge on any atom is -0.381 e. The number of anilines is 1. The molecule has 3 aromatic rings. The largest absolute Gasteiger partial charge is 0.381 e. The number of H-pyrrole nitrogens is 1. The third-order valence-corrected chi connectivity index (χ3v) is 3.25. The highest BCUT2D eigenvalue weighted by Crippen LogP contribution is 2.20. The zero-order valence-corrected chi connectivity index (χ0v) is 10.7. The van der Waals surface area contributed by atoms with Crippen LogP contribution in [-0.2, 0) is 6.54 Å². The van der Waals surface area contributed by atoms with Gasteiger partial charge in [-0.15, -0.1) is 0 Å². The van der Waals surface area contributed by atoms with E-state index in [4.69, 9.17) is 0 Å². The van der Waals surface area contributed by atoms with Crippen molar-refractivity contribution in [2.45, 2.75) is 6.54 Å². The van der Waals surface area contributed by atoms with Gasteiger partial charge < -0.3 is 10.3 Å². The van der Waals surface area contributed by atoms with Crippen LogP contribution in [0.25, 0.3) is 10.9 Å². The molecule has 2 N–H and O–H groups in total. The summed E-state index contributed by atoms with van der Waals surface area (Å²) in [7, 11) is 0. The number of rotatable bonds is 4. The van der Waals surface area contributed by atoms with Crippen LogP contribution in [0.4, 0.5) is 11.4 Å². The number of aromatic amines is 1. The normalized spacial score (nSPS) is 10.6. The number of nitro groups is 1. The molecule has 0 bridgehead atoms. The maximum atomic E-state index is 10.6. The Morgan fingerprint density at radius 1 is 1.10 bits per heavy atom. The van der Waals surface area contributed by atoms with Gasteiger partial charge in [0.1, 0.15) is 0 Å². The highest BCUT2D eigenvalue weighted by molar-refractivity contribution is 5.83. The molecule has 0 radical (unpaired) electrons. The lowest BCUT2D eigenvalue weighted by Gasteiger charge is -2.07. The van der Waals surface area contributed by atoms with E-state index in [-0.39, 0.29) is 5.69 Å². The number of fused-ring (bicyclic) bond motifs is 1. The molecule has 0 unspecified atom stereocenters. The molecule has 0 saturated carbocycles. The fourth-order valence-corrected chi connectivity index (χ4v) is 2.20. The lowest BCUT2D eigenvalue weighted by Crippen LogP contribution is -1.99. The van der Waals surface area contributed by atoms with E-state index in [1.165, 1.54) is 23.1 Å². The van der Waals surface area contributed by atoms with Crippen LogP contribution in [-0.4, -0.2) is 9.91 Å². The van der Waals surface area contributed by atoms with Crippen molar-refractivity contribution >= 4 is 22.3 Å². The van der Waals surface area contributed by atoms with E-state index in [0.29, 0.717) is 6.54 Å². The van der Waals surface area contributed by atoms with Crippen LogP contribution in [0.15, 0.2) is 54.7 Å². The number of non-ortho nitro benzene ring substituents is 1. The Kier molecular flexibility index (Phi) is 3.09. The Labute approximate surface area is 115 Å². The summed E-state index contributed by atoms with van der Waals surface area (Å²) in [4.78, 5) is 13.4. The van der Waals surface area contributed by atoms with Gasteiger partial charge in [0.15, 0.2) is 0 Å². The molecular weight excluding hydrogens is 254 g/mol. The van der Waals surface area contributed by atoms with Gasteiger partial charge in [-0.05, 0) is 29.8 Å². The SMILES string of the molecule is O=[N+]([O-])c1ccc(NCc2cccc3[nH]ccc23)cc1. The molecule has 0 amide bonds. The summed E-state index contributed by atoms with van der Waals surface area (Å²) in [5, 5.41) is 15.0.